The molecule has 0 heterocycles. The van der Waals surface area contributed by atoms with Crippen LogP contribution < -0.4 is 10.1 Å². The molecule has 2 rings (SSSR count). The van der Waals surface area contributed by atoms with E-state index >= 15 is 0 Å². The lowest BCUT2D eigenvalue weighted by Crippen LogP contribution is -2.31. The lowest BCUT2D eigenvalue weighted by molar-refractivity contribution is -0.143. The molecule has 1 amide bonds. The van der Waals surface area contributed by atoms with Gasteiger partial charge in [0.25, 0.3) is 5.91 Å². The normalized spacial score (nSPS) is 10.8. The molecule has 1 N–H and O–H groups in total. The Hall–Kier alpha value is -3.08. The fourth-order valence-corrected chi connectivity index (χ4v) is 2.13. The molecule has 0 saturated carbocycles. The van der Waals surface area contributed by atoms with Gasteiger partial charge >= 0.3 is 5.97 Å². The van der Waals surface area contributed by atoms with Crippen molar-refractivity contribution in [3.8, 4) is 5.75 Å². The molecule has 0 aromatic heterocycles. The Morgan fingerprint density at radius 3 is 2.41 bits per heavy atom. The average molecular weight is 367 g/mol. The molecule has 0 aliphatic heterocycles. The number of carbonyl (C=O) groups excluding carboxylic acids is 2. The van der Waals surface area contributed by atoms with Crippen molar-refractivity contribution in [2.24, 2.45) is 5.92 Å². The van der Waals surface area contributed by atoms with Crippen LogP contribution in [-0.2, 0) is 20.9 Å². The summed E-state index contributed by atoms with van der Waals surface area (Å²) in [6.07, 6.45) is 2.94. The number of benzene rings is 2. The highest BCUT2D eigenvalue weighted by molar-refractivity contribution is 5.89. The highest BCUT2D eigenvalue weighted by Crippen LogP contribution is 2.15. The molecule has 0 spiro atoms. The maximum absolute atomic E-state index is 11.7. The Balaban J connectivity index is 1.74. The fraction of sp³-hybridized carbons (Fsp3) is 0.273. The number of carbonyl (C=O) groups is 2. The molecule has 2 aromatic carbocycles. The van der Waals surface area contributed by atoms with E-state index in [2.05, 4.69) is 5.32 Å². The zero-order valence-corrected chi connectivity index (χ0v) is 15.7. The van der Waals surface area contributed by atoms with E-state index in [1.165, 1.54) is 6.08 Å². The largest absolute Gasteiger partial charge is 0.489 e. The molecule has 5 heteroatoms. The van der Waals surface area contributed by atoms with Crippen LogP contribution in [0.15, 0.2) is 60.7 Å². The van der Waals surface area contributed by atoms with Gasteiger partial charge in [-0.05, 0) is 35.3 Å². The lowest BCUT2D eigenvalue weighted by atomic mass is 10.2. The number of hydrogen-bond acceptors (Lipinski definition) is 4. The van der Waals surface area contributed by atoms with E-state index in [-0.39, 0.29) is 12.5 Å². The molecule has 0 unspecified atom stereocenters. The minimum absolute atomic E-state index is 0.276. The van der Waals surface area contributed by atoms with E-state index in [0.717, 1.165) is 16.9 Å². The molecule has 5 nitrogen and oxygen atoms in total. The molecule has 0 fully saturated rings. The Bertz CT molecular complexity index is 752. The predicted octanol–water partition coefficient (Wildman–Crippen LogP) is 3.59. The van der Waals surface area contributed by atoms with E-state index in [4.69, 9.17) is 9.47 Å². The smallest absolute Gasteiger partial charge is 0.331 e. The van der Waals surface area contributed by atoms with Crippen molar-refractivity contribution < 1.29 is 19.1 Å². The first-order chi connectivity index (χ1) is 13.0. The average Bonchev–Trinajstić information content (AvgIpc) is 2.69. The Labute approximate surface area is 160 Å². The van der Waals surface area contributed by atoms with Gasteiger partial charge in [-0.25, -0.2) is 4.79 Å². The van der Waals surface area contributed by atoms with Crippen LogP contribution in [0.3, 0.4) is 0 Å². The summed E-state index contributed by atoms with van der Waals surface area (Å²) >= 11 is 0. The molecule has 2 aromatic rings. The maximum atomic E-state index is 11.7. The van der Waals surface area contributed by atoms with Gasteiger partial charge in [0.15, 0.2) is 6.61 Å². The van der Waals surface area contributed by atoms with Gasteiger partial charge in [0.2, 0.25) is 0 Å². The molecule has 142 valence electrons. The van der Waals surface area contributed by atoms with Gasteiger partial charge < -0.3 is 14.8 Å². The zero-order chi connectivity index (χ0) is 19.5. The molecule has 0 radical (unpaired) electrons. The third-order valence-corrected chi connectivity index (χ3v) is 3.59. The van der Waals surface area contributed by atoms with Crippen LogP contribution in [0, 0.1) is 5.92 Å². The van der Waals surface area contributed by atoms with Gasteiger partial charge in [0.1, 0.15) is 12.4 Å². The first-order valence-electron chi connectivity index (χ1n) is 8.91. The molecule has 27 heavy (non-hydrogen) atoms. The summed E-state index contributed by atoms with van der Waals surface area (Å²) in [7, 11) is 0. The van der Waals surface area contributed by atoms with Crippen LogP contribution in [-0.4, -0.2) is 25.0 Å². The topological polar surface area (TPSA) is 64.6 Å². The number of nitrogens with one attached hydrogen (secondary N) is 1. The SMILES string of the molecule is CC(C)CNC(=O)COC(=O)/C=C/c1ccc(OCc2ccccc2)cc1. The number of esters is 1. The van der Waals surface area contributed by atoms with Gasteiger partial charge in [0, 0.05) is 12.6 Å². The molecule has 0 atom stereocenters. The Morgan fingerprint density at radius 2 is 1.74 bits per heavy atom. The quantitative estimate of drug-likeness (QED) is 0.543. The summed E-state index contributed by atoms with van der Waals surface area (Å²) in [5.41, 5.74) is 1.94. The van der Waals surface area contributed by atoms with Crippen LogP contribution in [0.25, 0.3) is 6.08 Å². The van der Waals surface area contributed by atoms with E-state index < -0.39 is 5.97 Å². The molecular weight excluding hydrogens is 342 g/mol. The first-order valence-corrected chi connectivity index (χ1v) is 8.91. The highest BCUT2D eigenvalue weighted by atomic mass is 16.5. The van der Waals surface area contributed by atoms with Crippen molar-refractivity contribution in [3.63, 3.8) is 0 Å². The van der Waals surface area contributed by atoms with E-state index in [1.807, 2.05) is 68.4 Å². The van der Waals surface area contributed by atoms with E-state index in [0.29, 0.717) is 19.1 Å². The van der Waals surface area contributed by atoms with Crippen molar-refractivity contribution in [2.45, 2.75) is 20.5 Å². The number of ether oxygens (including phenoxy) is 2. The van der Waals surface area contributed by atoms with Gasteiger partial charge in [-0.1, -0.05) is 56.3 Å². The second-order valence-electron chi connectivity index (χ2n) is 6.48. The Kier molecular flexibility index (Phi) is 8.10. The van der Waals surface area contributed by atoms with Crippen molar-refractivity contribution in [3.05, 3.63) is 71.8 Å². The van der Waals surface area contributed by atoms with Crippen LogP contribution >= 0.6 is 0 Å². The van der Waals surface area contributed by atoms with Crippen LogP contribution in [0.5, 0.6) is 5.75 Å². The monoisotopic (exact) mass is 367 g/mol. The molecular formula is C22H25NO4. The van der Waals surface area contributed by atoms with Crippen LogP contribution in [0.1, 0.15) is 25.0 Å². The third kappa shape index (κ3) is 8.23. The van der Waals surface area contributed by atoms with E-state index in [9.17, 15) is 9.59 Å². The van der Waals surface area contributed by atoms with Gasteiger partial charge in [-0.3, -0.25) is 4.79 Å². The first kappa shape index (κ1) is 20.2. The number of amides is 1. The number of rotatable bonds is 9. The minimum Gasteiger partial charge on any atom is -0.489 e. The van der Waals surface area contributed by atoms with Gasteiger partial charge in [-0.2, -0.15) is 0 Å². The van der Waals surface area contributed by atoms with Crippen LogP contribution in [0.4, 0.5) is 0 Å². The minimum atomic E-state index is -0.556. The van der Waals surface area contributed by atoms with Crippen molar-refractivity contribution in [1.82, 2.24) is 5.32 Å². The van der Waals surface area contributed by atoms with Crippen molar-refractivity contribution >= 4 is 18.0 Å². The summed E-state index contributed by atoms with van der Waals surface area (Å²) in [6.45, 7) is 4.77. The summed E-state index contributed by atoms with van der Waals surface area (Å²) < 4.78 is 10.6. The fourth-order valence-electron chi connectivity index (χ4n) is 2.13. The lowest BCUT2D eigenvalue weighted by Gasteiger charge is -2.07. The second-order valence-corrected chi connectivity index (χ2v) is 6.48. The second kappa shape index (κ2) is 10.8. The highest BCUT2D eigenvalue weighted by Gasteiger charge is 2.05. The third-order valence-electron chi connectivity index (χ3n) is 3.59. The van der Waals surface area contributed by atoms with Gasteiger partial charge in [0.05, 0.1) is 0 Å². The molecule has 0 bridgehead atoms. The van der Waals surface area contributed by atoms with Crippen molar-refractivity contribution in [1.29, 1.82) is 0 Å². The molecule has 0 aliphatic carbocycles. The summed E-state index contributed by atoms with van der Waals surface area (Å²) in [4.78, 5) is 23.2. The van der Waals surface area contributed by atoms with Gasteiger partial charge in [-0.15, -0.1) is 0 Å². The zero-order valence-electron chi connectivity index (χ0n) is 15.7. The molecule has 0 saturated heterocycles. The predicted molar refractivity (Wildman–Crippen MR) is 105 cm³/mol. The van der Waals surface area contributed by atoms with E-state index in [1.54, 1.807) is 6.08 Å². The molecule has 0 aliphatic rings. The summed E-state index contributed by atoms with van der Waals surface area (Å²) in [5, 5.41) is 2.69. The number of hydrogen-bond donors (Lipinski definition) is 1. The van der Waals surface area contributed by atoms with Crippen LogP contribution in [0.2, 0.25) is 0 Å². The standard InChI is InChI=1S/C22H25NO4/c1-17(2)14-23-21(24)16-27-22(25)13-10-18-8-11-20(12-9-18)26-15-19-6-4-3-5-7-19/h3-13,17H,14-16H2,1-2H3,(H,23,24)/b13-10+. The van der Waals surface area contributed by atoms with Crippen molar-refractivity contribution in [2.75, 3.05) is 13.2 Å². The summed E-state index contributed by atoms with van der Waals surface area (Å²) in [5.74, 6) is 0.245. The summed E-state index contributed by atoms with van der Waals surface area (Å²) in [6, 6.07) is 17.3. The Morgan fingerprint density at radius 1 is 1.04 bits per heavy atom. The maximum Gasteiger partial charge on any atom is 0.331 e.